The zero-order valence-electron chi connectivity index (χ0n) is 11.6. The normalized spacial score (nSPS) is 10.5. The predicted molar refractivity (Wildman–Crippen MR) is 81.0 cm³/mol. The maximum atomic E-state index is 9.03. The van der Waals surface area contributed by atoms with Gasteiger partial charge in [-0.15, -0.1) is 0 Å². The van der Waals surface area contributed by atoms with E-state index in [0.717, 1.165) is 22.2 Å². The van der Waals surface area contributed by atoms with Gasteiger partial charge in [0.2, 0.25) is 0 Å². The Hall–Kier alpha value is -3.00. The van der Waals surface area contributed by atoms with Gasteiger partial charge in [0.1, 0.15) is 5.75 Å². The molecule has 0 spiro atoms. The van der Waals surface area contributed by atoms with Crippen LogP contribution in [0.2, 0.25) is 0 Å². The third kappa shape index (κ3) is 2.39. The third-order valence-electron chi connectivity index (χ3n) is 3.40. The van der Waals surface area contributed by atoms with Gasteiger partial charge in [-0.3, -0.25) is 4.68 Å². The van der Waals surface area contributed by atoms with Gasteiger partial charge in [-0.25, -0.2) is 0 Å². The smallest absolute Gasteiger partial charge is 0.124 e. The van der Waals surface area contributed by atoms with E-state index in [4.69, 9.17) is 15.7 Å². The minimum Gasteiger partial charge on any atom is -0.496 e. The van der Waals surface area contributed by atoms with Crippen LogP contribution in [-0.2, 0) is 6.54 Å². The van der Waals surface area contributed by atoms with Crippen LogP contribution in [0.3, 0.4) is 0 Å². The number of nitrogens with two attached hydrogens (primary N) is 1. The summed E-state index contributed by atoms with van der Waals surface area (Å²) < 4.78 is 7.21. The molecule has 1 heterocycles. The lowest BCUT2D eigenvalue weighted by molar-refractivity contribution is 0.407. The van der Waals surface area contributed by atoms with E-state index in [1.807, 2.05) is 28.9 Å². The van der Waals surface area contributed by atoms with Crippen molar-refractivity contribution in [2.75, 3.05) is 12.8 Å². The summed E-state index contributed by atoms with van der Waals surface area (Å²) in [5.74, 6) is 0.738. The average Bonchev–Trinajstić information content (AvgIpc) is 2.89. The van der Waals surface area contributed by atoms with E-state index in [1.54, 1.807) is 25.4 Å². The Morgan fingerprint density at radius 1 is 1.29 bits per heavy atom. The molecule has 3 rings (SSSR count). The molecule has 5 nitrogen and oxygen atoms in total. The highest BCUT2D eigenvalue weighted by Gasteiger charge is 2.09. The van der Waals surface area contributed by atoms with E-state index in [-0.39, 0.29) is 0 Å². The summed E-state index contributed by atoms with van der Waals surface area (Å²) in [7, 11) is 1.62. The molecule has 0 aliphatic carbocycles. The van der Waals surface area contributed by atoms with Crippen molar-refractivity contribution >= 4 is 16.6 Å². The first-order valence-electron chi connectivity index (χ1n) is 6.49. The van der Waals surface area contributed by atoms with Crippen LogP contribution in [0.15, 0.2) is 42.6 Å². The molecule has 0 fully saturated rings. The number of rotatable bonds is 3. The lowest BCUT2D eigenvalue weighted by atomic mass is 10.1. The number of nitrogen functional groups attached to an aromatic ring is 1. The van der Waals surface area contributed by atoms with Crippen molar-refractivity contribution < 1.29 is 4.74 Å². The molecule has 2 aromatic carbocycles. The molecular formula is C16H14N4O. The van der Waals surface area contributed by atoms with E-state index >= 15 is 0 Å². The first kappa shape index (κ1) is 13.0. The van der Waals surface area contributed by atoms with Gasteiger partial charge in [0.05, 0.1) is 37.0 Å². The lowest BCUT2D eigenvalue weighted by Gasteiger charge is -2.10. The van der Waals surface area contributed by atoms with E-state index in [1.165, 1.54) is 0 Å². The van der Waals surface area contributed by atoms with E-state index in [0.29, 0.717) is 17.8 Å². The molecule has 0 amide bonds. The van der Waals surface area contributed by atoms with E-state index in [2.05, 4.69) is 11.2 Å². The van der Waals surface area contributed by atoms with Crippen LogP contribution >= 0.6 is 0 Å². The Balaban J connectivity index is 2.06. The van der Waals surface area contributed by atoms with Gasteiger partial charge < -0.3 is 10.5 Å². The van der Waals surface area contributed by atoms with E-state index in [9.17, 15) is 0 Å². The molecule has 0 aliphatic rings. The molecule has 0 unspecified atom stereocenters. The number of aromatic nitrogens is 2. The third-order valence-corrected chi connectivity index (χ3v) is 3.40. The second-order valence-corrected chi connectivity index (χ2v) is 4.76. The summed E-state index contributed by atoms with van der Waals surface area (Å²) in [4.78, 5) is 0. The molecule has 104 valence electrons. The van der Waals surface area contributed by atoms with Crippen molar-refractivity contribution in [1.29, 1.82) is 5.26 Å². The molecule has 0 saturated carbocycles. The highest BCUT2D eigenvalue weighted by atomic mass is 16.5. The Morgan fingerprint density at radius 3 is 2.90 bits per heavy atom. The number of fused-ring (bicyclic) bond motifs is 1. The Bertz CT molecular complexity index is 845. The van der Waals surface area contributed by atoms with Gasteiger partial charge in [0.15, 0.2) is 0 Å². The minimum atomic E-state index is 0.519. The highest BCUT2D eigenvalue weighted by molar-refractivity contribution is 5.81. The van der Waals surface area contributed by atoms with Crippen molar-refractivity contribution in [2.24, 2.45) is 0 Å². The number of benzene rings is 2. The number of anilines is 1. The van der Waals surface area contributed by atoms with Crippen LogP contribution in [0, 0.1) is 11.3 Å². The SMILES string of the molecule is COc1ccc(C#N)cc1Cn1ncc2ccc(N)cc21. The molecule has 1 aromatic heterocycles. The monoisotopic (exact) mass is 278 g/mol. The fourth-order valence-electron chi connectivity index (χ4n) is 2.35. The van der Waals surface area contributed by atoms with Crippen LogP contribution < -0.4 is 10.5 Å². The summed E-state index contributed by atoms with van der Waals surface area (Å²) in [6.07, 6.45) is 1.80. The van der Waals surface area contributed by atoms with Gasteiger partial charge in [-0.2, -0.15) is 10.4 Å². The van der Waals surface area contributed by atoms with Gasteiger partial charge in [-0.05, 0) is 36.4 Å². The van der Waals surface area contributed by atoms with E-state index < -0.39 is 0 Å². The topological polar surface area (TPSA) is 76.9 Å². The van der Waals surface area contributed by atoms with Crippen molar-refractivity contribution in [3.8, 4) is 11.8 Å². The predicted octanol–water partition coefficient (Wildman–Crippen LogP) is 2.55. The summed E-state index contributed by atoms with van der Waals surface area (Å²) >= 11 is 0. The molecule has 0 aliphatic heterocycles. The zero-order valence-corrected chi connectivity index (χ0v) is 11.6. The summed E-state index contributed by atoms with van der Waals surface area (Å²) in [6.45, 7) is 0.519. The minimum absolute atomic E-state index is 0.519. The van der Waals surface area contributed by atoms with Crippen molar-refractivity contribution in [3.63, 3.8) is 0 Å². The molecule has 0 atom stereocenters. The summed E-state index contributed by atoms with van der Waals surface area (Å²) in [5.41, 5.74) is 9.00. The quantitative estimate of drug-likeness (QED) is 0.747. The lowest BCUT2D eigenvalue weighted by Crippen LogP contribution is -2.04. The number of nitrogens with zero attached hydrogens (tertiary/aromatic N) is 3. The van der Waals surface area contributed by atoms with Gasteiger partial charge in [0, 0.05) is 16.6 Å². The number of hydrogen-bond donors (Lipinski definition) is 1. The van der Waals surface area contributed by atoms with Gasteiger partial charge in [0.25, 0.3) is 0 Å². The van der Waals surface area contributed by atoms with Crippen LogP contribution in [0.1, 0.15) is 11.1 Å². The fourth-order valence-corrected chi connectivity index (χ4v) is 2.35. The molecule has 0 radical (unpaired) electrons. The Labute approximate surface area is 122 Å². The van der Waals surface area contributed by atoms with Crippen LogP contribution in [-0.4, -0.2) is 16.9 Å². The van der Waals surface area contributed by atoms with Gasteiger partial charge >= 0.3 is 0 Å². The standard InChI is InChI=1S/C16H14N4O/c1-21-16-5-2-11(8-17)6-13(16)10-20-15-7-14(18)4-3-12(15)9-19-20/h2-7,9H,10,18H2,1H3. The maximum Gasteiger partial charge on any atom is 0.124 e. The summed E-state index contributed by atoms with van der Waals surface area (Å²) in [5, 5.41) is 14.4. The van der Waals surface area contributed by atoms with Gasteiger partial charge in [-0.1, -0.05) is 0 Å². The fraction of sp³-hybridized carbons (Fsp3) is 0.125. The molecule has 2 N–H and O–H groups in total. The molecule has 5 heteroatoms. The number of ether oxygens (including phenoxy) is 1. The van der Waals surface area contributed by atoms with Crippen molar-refractivity contribution in [3.05, 3.63) is 53.7 Å². The van der Waals surface area contributed by atoms with Crippen LogP contribution in [0.5, 0.6) is 5.75 Å². The second kappa shape index (κ2) is 5.17. The average molecular weight is 278 g/mol. The van der Waals surface area contributed by atoms with Crippen LogP contribution in [0.4, 0.5) is 5.69 Å². The molecule has 0 bridgehead atoms. The maximum absolute atomic E-state index is 9.03. The largest absolute Gasteiger partial charge is 0.496 e. The number of methoxy groups -OCH3 is 1. The number of nitriles is 1. The van der Waals surface area contributed by atoms with Crippen molar-refractivity contribution in [1.82, 2.24) is 9.78 Å². The highest BCUT2D eigenvalue weighted by Crippen LogP contribution is 2.23. The Morgan fingerprint density at radius 2 is 2.14 bits per heavy atom. The Kier molecular flexibility index (Phi) is 3.20. The number of hydrogen-bond acceptors (Lipinski definition) is 4. The summed E-state index contributed by atoms with van der Waals surface area (Å²) in [6, 6.07) is 13.2. The second-order valence-electron chi connectivity index (χ2n) is 4.76. The zero-order chi connectivity index (χ0) is 14.8. The molecular weight excluding hydrogens is 264 g/mol. The molecule has 21 heavy (non-hydrogen) atoms. The van der Waals surface area contributed by atoms with Crippen LogP contribution in [0.25, 0.3) is 10.9 Å². The van der Waals surface area contributed by atoms with Crippen molar-refractivity contribution in [2.45, 2.75) is 6.54 Å². The molecule has 3 aromatic rings. The first-order chi connectivity index (χ1) is 10.2. The first-order valence-corrected chi connectivity index (χ1v) is 6.49. The molecule has 0 saturated heterocycles.